The van der Waals surface area contributed by atoms with Gasteiger partial charge in [-0.2, -0.15) is 10.8 Å². The van der Waals surface area contributed by atoms with Gasteiger partial charge < -0.3 is 9.80 Å². The van der Waals surface area contributed by atoms with Crippen LogP contribution in [0.3, 0.4) is 0 Å². The number of halogens is 1. The lowest BCUT2D eigenvalue weighted by atomic mass is 9.82. The minimum atomic E-state index is -0.519. The zero-order valence-electron chi connectivity index (χ0n) is 17.8. The summed E-state index contributed by atoms with van der Waals surface area (Å²) in [6, 6.07) is 6.77. The van der Waals surface area contributed by atoms with Crippen molar-refractivity contribution in [3.63, 3.8) is 0 Å². The Morgan fingerprint density at radius 1 is 1.06 bits per heavy atom. The van der Waals surface area contributed by atoms with Gasteiger partial charge in [0.05, 0.1) is 11.6 Å². The number of fused-ring (bicyclic) bond motifs is 2. The second kappa shape index (κ2) is 8.62. The molecular formula is C23H27FN6O2. The van der Waals surface area contributed by atoms with Crippen molar-refractivity contribution in [1.82, 2.24) is 26.2 Å². The van der Waals surface area contributed by atoms with Gasteiger partial charge in [-0.1, -0.05) is 6.07 Å². The van der Waals surface area contributed by atoms with E-state index < -0.39 is 5.82 Å². The molecule has 4 fully saturated rings. The highest BCUT2D eigenvalue weighted by Crippen LogP contribution is 2.34. The molecule has 3 saturated heterocycles. The molecule has 3 heterocycles. The van der Waals surface area contributed by atoms with E-state index in [9.17, 15) is 14.0 Å². The van der Waals surface area contributed by atoms with Crippen molar-refractivity contribution in [1.29, 1.82) is 5.26 Å². The monoisotopic (exact) mass is 438 g/mol. The first-order chi connectivity index (χ1) is 15.5. The predicted molar refractivity (Wildman–Crippen MR) is 115 cm³/mol. The number of carbonyl (C=O) groups excluding carboxylic acids is 2. The van der Waals surface area contributed by atoms with Crippen molar-refractivity contribution in [2.24, 2.45) is 17.8 Å². The molecular weight excluding hydrogens is 411 g/mol. The second-order valence-corrected chi connectivity index (χ2v) is 9.32. The molecule has 5 atom stereocenters. The minimum Gasteiger partial charge on any atom is -0.342 e. The molecule has 168 valence electrons. The molecule has 0 radical (unpaired) electrons. The van der Waals surface area contributed by atoms with Crippen molar-refractivity contribution < 1.29 is 14.0 Å². The molecule has 4 aliphatic rings. The predicted octanol–water partition coefficient (Wildman–Crippen LogP) is 0.777. The van der Waals surface area contributed by atoms with E-state index in [-0.39, 0.29) is 28.9 Å². The molecule has 8 nitrogen and oxygen atoms in total. The normalized spacial score (nSPS) is 31.6. The third-order valence-electron chi connectivity index (χ3n) is 7.36. The van der Waals surface area contributed by atoms with Crippen LogP contribution in [-0.2, 0) is 9.59 Å². The number of hydrogen-bond donors (Lipinski definition) is 3. The molecule has 5 rings (SSSR count). The maximum Gasteiger partial charge on any atom is 0.246 e. The van der Waals surface area contributed by atoms with E-state index in [1.807, 2.05) is 11.0 Å². The van der Waals surface area contributed by atoms with Crippen LogP contribution < -0.4 is 16.4 Å². The molecule has 0 aromatic heterocycles. The average molecular weight is 439 g/mol. The largest absolute Gasteiger partial charge is 0.342 e. The topological polar surface area (TPSA) is 100 Å². The molecule has 0 spiro atoms. The maximum absolute atomic E-state index is 14.0. The Morgan fingerprint density at radius 2 is 1.78 bits per heavy atom. The van der Waals surface area contributed by atoms with Crippen molar-refractivity contribution in [3.05, 3.63) is 41.2 Å². The fourth-order valence-electron chi connectivity index (χ4n) is 5.56. The zero-order chi connectivity index (χ0) is 22.2. The molecule has 3 N–H and O–H groups in total. The summed E-state index contributed by atoms with van der Waals surface area (Å²) >= 11 is 0. The zero-order valence-corrected chi connectivity index (χ0v) is 17.8. The van der Waals surface area contributed by atoms with Gasteiger partial charge in [0, 0.05) is 67.7 Å². The summed E-state index contributed by atoms with van der Waals surface area (Å²) in [6.45, 7) is 2.65. The van der Waals surface area contributed by atoms with Gasteiger partial charge in [-0.15, -0.1) is 0 Å². The number of nitrogens with zero attached hydrogens (tertiary/aromatic N) is 3. The molecule has 9 heteroatoms. The molecule has 1 aliphatic carbocycles. The summed E-state index contributed by atoms with van der Waals surface area (Å²) < 4.78 is 14.0. The highest BCUT2D eigenvalue weighted by Gasteiger charge is 2.45. The third-order valence-corrected chi connectivity index (χ3v) is 7.36. The highest BCUT2D eigenvalue weighted by molar-refractivity contribution is 5.92. The number of nitrogens with one attached hydrogen (secondary N) is 3. The van der Waals surface area contributed by atoms with E-state index in [4.69, 9.17) is 5.26 Å². The summed E-state index contributed by atoms with van der Waals surface area (Å²) in [5.74, 6) is 0.243. The Bertz CT molecular complexity index is 977. The molecule has 1 aromatic carbocycles. The standard InChI is InChI=1S/C23H27FN6O2/c24-19-7-14(9-25)1-2-15(19)4-6-22(31)29-10-17-12-30(13-18(17)11-29)23(32)16-3-5-20-21(8-16)27-28-26-20/h1-2,4,6-7,16-18,20-21,26-28H,3,5,8,10-13H2/b6-4+/t16?,17-,18-,20?,21?/m1/s1. The van der Waals surface area contributed by atoms with Crippen LogP contribution in [0, 0.1) is 34.9 Å². The Kier molecular flexibility index (Phi) is 5.67. The first-order valence-corrected chi connectivity index (χ1v) is 11.2. The average Bonchev–Trinajstić information content (AvgIpc) is 3.51. The lowest BCUT2D eigenvalue weighted by Crippen LogP contribution is -2.45. The molecule has 2 amide bonds. The summed E-state index contributed by atoms with van der Waals surface area (Å²) in [5, 5.41) is 8.83. The molecule has 3 aliphatic heterocycles. The van der Waals surface area contributed by atoms with Crippen LogP contribution >= 0.6 is 0 Å². The quantitative estimate of drug-likeness (QED) is 0.603. The summed E-state index contributed by atoms with van der Waals surface area (Å²) in [5.41, 5.74) is 9.91. The summed E-state index contributed by atoms with van der Waals surface area (Å²) in [4.78, 5) is 29.5. The van der Waals surface area contributed by atoms with Gasteiger partial charge in [0.15, 0.2) is 0 Å². The van der Waals surface area contributed by atoms with Gasteiger partial charge in [-0.3, -0.25) is 9.59 Å². The number of benzene rings is 1. The van der Waals surface area contributed by atoms with E-state index in [0.29, 0.717) is 50.1 Å². The number of likely N-dealkylation sites (tertiary alicyclic amines) is 2. The molecule has 1 saturated carbocycles. The van der Waals surface area contributed by atoms with Crippen LogP contribution in [0.4, 0.5) is 4.39 Å². The first kappa shape index (κ1) is 21.1. The summed E-state index contributed by atoms with van der Waals surface area (Å²) in [6.07, 6.45) is 5.58. The van der Waals surface area contributed by atoms with Crippen LogP contribution in [0.2, 0.25) is 0 Å². The van der Waals surface area contributed by atoms with E-state index >= 15 is 0 Å². The Morgan fingerprint density at radius 3 is 2.50 bits per heavy atom. The highest BCUT2D eigenvalue weighted by atomic mass is 19.1. The molecule has 0 bridgehead atoms. The molecule has 1 aromatic rings. The lowest BCUT2D eigenvalue weighted by Gasteiger charge is -2.32. The number of hydrogen-bond acceptors (Lipinski definition) is 6. The number of nitriles is 1. The second-order valence-electron chi connectivity index (χ2n) is 9.32. The maximum atomic E-state index is 14.0. The van der Waals surface area contributed by atoms with Crippen LogP contribution in [0.1, 0.15) is 30.4 Å². The van der Waals surface area contributed by atoms with Crippen LogP contribution in [0.15, 0.2) is 24.3 Å². The van der Waals surface area contributed by atoms with Crippen molar-refractivity contribution in [2.45, 2.75) is 31.3 Å². The van der Waals surface area contributed by atoms with Gasteiger partial charge in [0.25, 0.3) is 0 Å². The van der Waals surface area contributed by atoms with Crippen molar-refractivity contribution in [3.8, 4) is 6.07 Å². The Labute approximate surface area is 186 Å². The van der Waals surface area contributed by atoms with Gasteiger partial charge >= 0.3 is 0 Å². The van der Waals surface area contributed by atoms with E-state index in [1.54, 1.807) is 4.90 Å². The van der Waals surface area contributed by atoms with Crippen LogP contribution in [0.25, 0.3) is 6.08 Å². The van der Waals surface area contributed by atoms with Gasteiger partial charge in [-0.25, -0.2) is 15.2 Å². The first-order valence-electron chi connectivity index (χ1n) is 11.2. The fraction of sp³-hybridized carbons (Fsp3) is 0.522. The van der Waals surface area contributed by atoms with E-state index in [2.05, 4.69) is 16.4 Å². The molecule has 3 unspecified atom stereocenters. The van der Waals surface area contributed by atoms with Crippen LogP contribution in [-0.4, -0.2) is 59.9 Å². The Balaban J connectivity index is 1.14. The SMILES string of the molecule is N#Cc1ccc(/C=C/C(=O)N2C[C@@H]3CN(C(=O)C4CCC5NNNC5C4)C[C@H]3C2)c(F)c1. The number of rotatable bonds is 3. The van der Waals surface area contributed by atoms with Gasteiger partial charge in [0.1, 0.15) is 5.82 Å². The van der Waals surface area contributed by atoms with Crippen molar-refractivity contribution in [2.75, 3.05) is 26.2 Å². The van der Waals surface area contributed by atoms with Gasteiger partial charge in [0.2, 0.25) is 11.8 Å². The third kappa shape index (κ3) is 4.01. The smallest absolute Gasteiger partial charge is 0.246 e. The lowest BCUT2D eigenvalue weighted by molar-refractivity contribution is -0.136. The Hall–Kier alpha value is -2.80. The minimum absolute atomic E-state index is 0.0623. The van der Waals surface area contributed by atoms with E-state index in [0.717, 1.165) is 25.3 Å². The number of carbonyl (C=O) groups is 2. The fourth-order valence-corrected chi connectivity index (χ4v) is 5.56. The molecule has 32 heavy (non-hydrogen) atoms. The summed E-state index contributed by atoms with van der Waals surface area (Å²) in [7, 11) is 0. The van der Waals surface area contributed by atoms with Gasteiger partial charge in [-0.05, 0) is 37.5 Å². The van der Waals surface area contributed by atoms with Crippen molar-refractivity contribution >= 4 is 17.9 Å². The number of hydrazine groups is 2. The van der Waals surface area contributed by atoms with E-state index in [1.165, 1.54) is 24.3 Å². The number of amides is 2. The van der Waals surface area contributed by atoms with Crippen LogP contribution in [0.5, 0.6) is 0 Å².